The maximum atomic E-state index is 12.6. The lowest BCUT2D eigenvalue weighted by molar-refractivity contribution is 0.0744. The Morgan fingerprint density at radius 1 is 1.15 bits per heavy atom. The van der Waals surface area contributed by atoms with Gasteiger partial charge in [0.15, 0.2) is 0 Å². The molecule has 0 bridgehead atoms. The molecule has 6 nitrogen and oxygen atoms in total. The van der Waals surface area contributed by atoms with Crippen LogP contribution in [-0.4, -0.2) is 55.0 Å². The smallest absolute Gasteiger partial charge is 0.272 e. The average molecular weight is 372 g/mol. The maximum Gasteiger partial charge on any atom is 0.272 e. The van der Waals surface area contributed by atoms with Crippen molar-refractivity contribution in [2.45, 2.75) is 6.43 Å². The molecule has 1 aliphatic heterocycles. The van der Waals surface area contributed by atoms with E-state index in [4.69, 9.17) is 10.00 Å². The second-order valence-electron chi connectivity index (χ2n) is 6.02. The standard InChI is InChI=1S/C19H18F2N4O2/c20-18(21)13-27-17-5-1-14(2-6-17)19(26)25-9-7-24(8-10-25)16-4-3-15(11-22)23-12-16/h1-6,12,18H,7-10,13H2. The highest BCUT2D eigenvalue weighted by molar-refractivity contribution is 5.94. The van der Waals surface area contributed by atoms with Crippen molar-refractivity contribution in [1.82, 2.24) is 9.88 Å². The van der Waals surface area contributed by atoms with Crippen molar-refractivity contribution >= 4 is 11.6 Å². The summed E-state index contributed by atoms with van der Waals surface area (Å²) in [5, 5.41) is 8.80. The van der Waals surface area contributed by atoms with E-state index in [2.05, 4.69) is 9.88 Å². The third-order valence-corrected chi connectivity index (χ3v) is 4.27. The first-order valence-corrected chi connectivity index (χ1v) is 8.48. The van der Waals surface area contributed by atoms with E-state index >= 15 is 0 Å². The fraction of sp³-hybridized carbons (Fsp3) is 0.316. The summed E-state index contributed by atoms with van der Waals surface area (Å²) in [5.41, 5.74) is 1.78. The molecule has 3 rings (SSSR count). The van der Waals surface area contributed by atoms with E-state index < -0.39 is 13.0 Å². The van der Waals surface area contributed by atoms with Gasteiger partial charge in [-0.2, -0.15) is 5.26 Å². The van der Waals surface area contributed by atoms with Crippen LogP contribution in [0.5, 0.6) is 5.75 Å². The summed E-state index contributed by atoms with van der Waals surface area (Å²) < 4.78 is 29.2. The minimum Gasteiger partial charge on any atom is -0.488 e. The molecule has 0 aliphatic carbocycles. The summed E-state index contributed by atoms with van der Waals surface area (Å²) >= 11 is 0. The number of hydrogen-bond acceptors (Lipinski definition) is 5. The van der Waals surface area contributed by atoms with Crippen LogP contribution in [0.2, 0.25) is 0 Å². The molecule has 1 fully saturated rings. The monoisotopic (exact) mass is 372 g/mol. The van der Waals surface area contributed by atoms with E-state index in [9.17, 15) is 13.6 Å². The summed E-state index contributed by atoms with van der Waals surface area (Å²) in [5.74, 6) is 0.206. The molecule has 0 radical (unpaired) electrons. The molecule has 27 heavy (non-hydrogen) atoms. The van der Waals surface area contributed by atoms with Crippen molar-refractivity contribution in [1.29, 1.82) is 5.26 Å². The Morgan fingerprint density at radius 3 is 2.41 bits per heavy atom. The zero-order chi connectivity index (χ0) is 19.2. The number of aromatic nitrogens is 1. The molecule has 1 aromatic heterocycles. The number of hydrogen-bond donors (Lipinski definition) is 0. The second kappa shape index (κ2) is 8.45. The number of nitriles is 1. The fourth-order valence-corrected chi connectivity index (χ4v) is 2.84. The van der Waals surface area contributed by atoms with Gasteiger partial charge in [-0.05, 0) is 36.4 Å². The van der Waals surface area contributed by atoms with Gasteiger partial charge in [-0.25, -0.2) is 13.8 Å². The van der Waals surface area contributed by atoms with Gasteiger partial charge in [0.1, 0.15) is 24.1 Å². The molecule has 2 aromatic rings. The quantitative estimate of drug-likeness (QED) is 0.807. The van der Waals surface area contributed by atoms with Gasteiger partial charge in [-0.3, -0.25) is 4.79 Å². The number of ether oxygens (including phenoxy) is 1. The summed E-state index contributed by atoms with van der Waals surface area (Å²) in [6, 6.07) is 11.7. The average Bonchev–Trinajstić information content (AvgIpc) is 2.72. The number of nitrogens with zero attached hydrogens (tertiary/aromatic N) is 4. The van der Waals surface area contributed by atoms with E-state index in [1.807, 2.05) is 12.1 Å². The first-order valence-electron chi connectivity index (χ1n) is 8.48. The number of pyridine rings is 1. The Balaban J connectivity index is 1.55. The molecule has 2 heterocycles. The largest absolute Gasteiger partial charge is 0.488 e. The molecule has 0 atom stereocenters. The number of benzene rings is 1. The van der Waals surface area contributed by atoms with Gasteiger partial charge in [0.2, 0.25) is 0 Å². The van der Waals surface area contributed by atoms with Crippen molar-refractivity contribution in [2.75, 3.05) is 37.7 Å². The van der Waals surface area contributed by atoms with Crippen molar-refractivity contribution < 1.29 is 18.3 Å². The lowest BCUT2D eigenvalue weighted by Gasteiger charge is -2.36. The van der Waals surface area contributed by atoms with Crippen LogP contribution in [0.15, 0.2) is 42.6 Å². The van der Waals surface area contributed by atoms with E-state index in [1.54, 1.807) is 29.3 Å². The van der Waals surface area contributed by atoms with Gasteiger partial charge in [-0.1, -0.05) is 0 Å². The lowest BCUT2D eigenvalue weighted by Crippen LogP contribution is -2.48. The molecular formula is C19H18F2N4O2. The number of carbonyl (C=O) groups excluding carboxylic acids is 1. The number of carbonyl (C=O) groups is 1. The highest BCUT2D eigenvalue weighted by atomic mass is 19.3. The van der Waals surface area contributed by atoms with E-state index in [0.717, 1.165) is 5.69 Å². The van der Waals surface area contributed by atoms with Gasteiger partial charge in [-0.15, -0.1) is 0 Å². The number of alkyl halides is 2. The molecule has 1 saturated heterocycles. The topological polar surface area (TPSA) is 69.5 Å². The summed E-state index contributed by atoms with van der Waals surface area (Å²) in [6.45, 7) is 1.77. The van der Waals surface area contributed by atoms with Gasteiger partial charge >= 0.3 is 0 Å². The first-order chi connectivity index (χ1) is 13.1. The van der Waals surface area contributed by atoms with Gasteiger partial charge in [0.05, 0.1) is 11.9 Å². The van der Waals surface area contributed by atoms with Crippen LogP contribution >= 0.6 is 0 Å². The van der Waals surface area contributed by atoms with Crippen LogP contribution in [0.25, 0.3) is 0 Å². The number of piperazine rings is 1. The fourth-order valence-electron chi connectivity index (χ4n) is 2.84. The number of halogens is 2. The van der Waals surface area contributed by atoms with Crippen LogP contribution in [-0.2, 0) is 0 Å². The number of amides is 1. The van der Waals surface area contributed by atoms with Crippen LogP contribution in [0.4, 0.5) is 14.5 Å². The van der Waals surface area contributed by atoms with Gasteiger partial charge in [0.25, 0.3) is 12.3 Å². The minimum absolute atomic E-state index is 0.104. The minimum atomic E-state index is -2.53. The zero-order valence-electron chi connectivity index (χ0n) is 14.5. The summed E-state index contributed by atoms with van der Waals surface area (Å²) in [7, 11) is 0. The van der Waals surface area contributed by atoms with Crippen molar-refractivity contribution in [3.63, 3.8) is 0 Å². The lowest BCUT2D eigenvalue weighted by atomic mass is 10.1. The third kappa shape index (κ3) is 4.70. The summed E-state index contributed by atoms with van der Waals surface area (Å²) in [4.78, 5) is 20.5. The molecule has 8 heteroatoms. The Hall–Kier alpha value is -3.21. The molecule has 0 spiro atoms. The van der Waals surface area contributed by atoms with Crippen molar-refractivity contribution in [3.05, 3.63) is 53.9 Å². The van der Waals surface area contributed by atoms with Crippen LogP contribution in [0.3, 0.4) is 0 Å². The predicted molar refractivity (Wildman–Crippen MR) is 95.0 cm³/mol. The Morgan fingerprint density at radius 2 is 1.85 bits per heavy atom. The van der Waals surface area contributed by atoms with Crippen molar-refractivity contribution in [3.8, 4) is 11.8 Å². The molecule has 1 amide bonds. The first kappa shape index (κ1) is 18.6. The Kier molecular flexibility index (Phi) is 5.81. The highest BCUT2D eigenvalue weighted by Gasteiger charge is 2.22. The maximum absolute atomic E-state index is 12.6. The van der Waals surface area contributed by atoms with Crippen LogP contribution in [0.1, 0.15) is 16.1 Å². The molecule has 0 saturated carbocycles. The third-order valence-electron chi connectivity index (χ3n) is 4.27. The van der Waals surface area contributed by atoms with E-state index in [1.165, 1.54) is 12.1 Å². The van der Waals surface area contributed by atoms with E-state index in [-0.39, 0.29) is 5.91 Å². The molecule has 0 unspecified atom stereocenters. The second-order valence-corrected chi connectivity index (χ2v) is 6.02. The van der Waals surface area contributed by atoms with Gasteiger partial charge in [0, 0.05) is 31.7 Å². The molecule has 0 N–H and O–H groups in total. The molecular weight excluding hydrogens is 354 g/mol. The van der Waals surface area contributed by atoms with Crippen LogP contribution < -0.4 is 9.64 Å². The molecule has 1 aromatic carbocycles. The summed E-state index contributed by atoms with van der Waals surface area (Å²) in [6.07, 6.45) is -0.873. The predicted octanol–water partition coefficient (Wildman–Crippen LogP) is 2.56. The van der Waals surface area contributed by atoms with Crippen LogP contribution in [0, 0.1) is 11.3 Å². The van der Waals surface area contributed by atoms with Gasteiger partial charge < -0.3 is 14.5 Å². The Labute approximate surface area is 155 Å². The number of anilines is 1. The SMILES string of the molecule is N#Cc1ccc(N2CCN(C(=O)c3ccc(OCC(F)F)cc3)CC2)cn1. The molecule has 1 aliphatic rings. The van der Waals surface area contributed by atoms with Crippen molar-refractivity contribution in [2.24, 2.45) is 0 Å². The number of rotatable bonds is 5. The normalized spacial score (nSPS) is 14.1. The Bertz CT molecular complexity index is 811. The van der Waals surface area contributed by atoms with E-state index in [0.29, 0.717) is 43.2 Å². The molecule has 140 valence electrons. The highest BCUT2D eigenvalue weighted by Crippen LogP contribution is 2.18. The zero-order valence-corrected chi connectivity index (χ0v) is 14.5.